The van der Waals surface area contributed by atoms with Gasteiger partial charge >= 0.3 is 5.97 Å². The van der Waals surface area contributed by atoms with Crippen LogP contribution < -0.4 is 5.32 Å². The molecule has 3 N–H and O–H groups in total. The molecule has 2 heterocycles. The SMILES string of the molecule is Cn1cnnc1SC[C@@H]1C[C@H](c2ccc(CO)cc2)O[C@H](c2ccc(CNC(=O)CCCCC(=O)O)cc2)O1. The molecule has 3 aromatic rings. The maximum absolute atomic E-state index is 12.1. The Morgan fingerprint density at radius 2 is 1.72 bits per heavy atom. The number of amides is 1. The van der Waals surface area contributed by atoms with Gasteiger partial charge in [0, 0.05) is 44.2 Å². The highest BCUT2D eigenvalue weighted by Gasteiger charge is 2.32. The number of nitrogens with one attached hydrogen (secondary N) is 1. The molecule has 4 rings (SSSR count). The fourth-order valence-electron chi connectivity index (χ4n) is 4.24. The molecule has 208 valence electrons. The van der Waals surface area contributed by atoms with Crippen LogP contribution in [0.15, 0.2) is 60.0 Å². The number of carboxylic acids is 1. The Morgan fingerprint density at radius 3 is 2.38 bits per heavy atom. The van der Waals surface area contributed by atoms with Crippen molar-refractivity contribution in [1.29, 1.82) is 0 Å². The summed E-state index contributed by atoms with van der Waals surface area (Å²) in [4.78, 5) is 22.7. The molecule has 1 aliphatic rings. The lowest BCUT2D eigenvalue weighted by Gasteiger charge is -2.36. The van der Waals surface area contributed by atoms with Gasteiger partial charge in [-0.15, -0.1) is 10.2 Å². The van der Waals surface area contributed by atoms with Crippen molar-refractivity contribution >= 4 is 23.6 Å². The minimum absolute atomic E-state index is 0.00791. The van der Waals surface area contributed by atoms with Gasteiger partial charge in [-0.2, -0.15) is 0 Å². The minimum Gasteiger partial charge on any atom is -0.481 e. The molecule has 11 heteroatoms. The van der Waals surface area contributed by atoms with E-state index in [4.69, 9.17) is 14.6 Å². The fraction of sp³-hybridized carbons (Fsp3) is 0.429. The number of hydrogen-bond acceptors (Lipinski definition) is 8. The highest BCUT2D eigenvalue weighted by molar-refractivity contribution is 7.99. The average molecular weight is 555 g/mol. The Bertz CT molecular complexity index is 1220. The van der Waals surface area contributed by atoms with Crippen molar-refractivity contribution in [2.45, 2.75) is 68.9 Å². The molecule has 3 atom stereocenters. The maximum Gasteiger partial charge on any atom is 0.303 e. The van der Waals surface area contributed by atoms with Gasteiger partial charge in [0.2, 0.25) is 5.91 Å². The smallest absolute Gasteiger partial charge is 0.303 e. The summed E-state index contributed by atoms with van der Waals surface area (Å²) in [7, 11) is 1.91. The van der Waals surface area contributed by atoms with Crippen molar-refractivity contribution in [3.8, 4) is 0 Å². The largest absolute Gasteiger partial charge is 0.481 e. The van der Waals surface area contributed by atoms with E-state index >= 15 is 0 Å². The van der Waals surface area contributed by atoms with Crippen LogP contribution in [0.4, 0.5) is 0 Å². The van der Waals surface area contributed by atoms with Crippen molar-refractivity contribution in [2.75, 3.05) is 5.75 Å². The fourth-order valence-corrected chi connectivity index (χ4v) is 5.14. The number of aliphatic carboxylic acids is 1. The molecule has 0 radical (unpaired) electrons. The van der Waals surface area contributed by atoms with Crippen LogP contribution in [-0.4, -0.2) is 48.7 Å². The van der Waals surface area contributed by atoms with Crippen LogP contribution in [0.3, 0.4) is 0 Å². The first-order valence-corrected chi connectivity index (χ1v) is 13.9. The van der Waals surface area contributed by atoms with Gasteiger partial charge in [-0.05, 0) is 29.5 Å². The third-order valence-corrected chi connectivity index (χ3v) is 7.64. The number of aliphatic hydroxyl groups excluding tert-OH is 1. The van der Waals surface area contributed by atoms with E-state index < -0.39 is 12.3 Å². The van der Waals surface area contributed by atoms with E-state index in [-0.39, 0.29) is 31.1 Å². The molecule has 0 bridgehead atoms. The van der Waals surface area contributed by atoms with Crippen molar-refractivity contribution in [3.05, 3.63) is 77.1 Å². The van der Waals surface area contributed by atoms with Crippen molar-refractivity contribution in [1.82, 2.24) is 20.1 Å². The van der Waals surface area contributed by atoms with Crippen LogP contribution in [-0.2, 0) is 39.3 Å². The zero-order valence-electron chi connectivity index (χ0n) is 21.9. The Hall–Kier alpha value is -3.25. The van der Waals surface area contributed by atoms with E-state index in [1.807, 2.05) is 60.1 Å². The second-order valence-electron chi connectivity index (χ2n) is 9.50. The van der Waals surface area contributed by atoms with Gasteiger partial charge in [0.15, 0.2) is 11.4 Å². The summed E-state index contributed by atoms with van der Waals surface area (Å²) in [5, 5.41) is 29.9. The molecule has 1 aliphatic heterocycles. The van der Waals surface area contributed by atoms with Crippen molar-refractivity contribution in [3.63, 3.8) is 0 Å². The van der Waals surface area contributed by atoms with Crippen molar-refractivity contribution < 1.29 is 29.3 Å². The van der Waals surface area contributed by atoms with Crippen LogP contribution in [0, 0.1) is 0 Å². The van der Waals surface area contributed by atoms with E-state index in [9.17, 15) is 14.7 Å². The van der Waals surface area contributed by atoms with E-state index in [1.165, 1.54) is 0 Å². The first kappa shape index (κ1) is 28.8. The molecule has 1 aromatic heterocycles. The highest BCUT2D eigenvalue weighted by Crippen LogP contribution is 2.39. The van der Waals surface area contributed by atoms with Crippen molar-refractivity contribution in [2.24, 2.45) is 7.05 Å². The predicted molar refractivity (Wildman–Crippen MR) is 145 cm³/mol. The molecule has 39 heavy (non-hydrogen) atoms. The number of ether oxygens (including phenoxy) is 2. The first-order valence-electron chi connectivity index (χ1n) is 13.0. The average Bonchev–Trinajstić information content (AvgIpc) is 3.37. The molecule has 1 fully saturated rings. The summed E-state index contributed by atoms with van der Waals surface area (Å²) in [6.45, 7) is 0.382. The quantitative estimate of drug-likeness (QED) is 0.212. The third kappa shape index (κ3) is 8.62. The molecular weight excluding hydrogens is 520 g/mol. The van der Waals surface area contributed by atoms with Gasteiger partial charge in [-0.1, -0.05) is 60.3 Å². The summed E-state index contributed by atoms with van der Waals surface area (Å²) < 4.78 is 14.6. The Labute approximate surface area is 231 Å². The third-order valence-electron chi connectivity index (χ3n) is 6.47. The zero-order chi connectivity index (χ0) is 27.6. The van der Waals surface area contributed by atoms with Gasteiger partial charge in [0.25, 0.3) is 0 Å². The number of carbonyl (C=O) groups is 2. The predicted octanol–water partition coefficient (Wildman–Crippen LogP) is 3.91. The number of aliphatic hydroxyl groups is 1. The molecular formula is C28H34N4O6S. The van der Waals surface area contributed by atoms with Gasteiger partial charge in [-0.3, -0.25) is 9.59 Å². The molecule has 1 amide bonds. The second-order valence-corrected chi connectivity index (χ2v) is 10.5. The monoisotopic (exact) mass is 554 g/mol. The van der Waals surface area contributed by atoms with Crippen LogP contribution in [0.5, 0.6) is 0 Å². The molecule has 0 saturated carbocycles. The summed E-state index contributed by atoms with van der Waals surface area (Å²) in [5.74, 6) is -0.252. The number of aryl methyl sites for hydroxylation is 1. The topological polar surface area (TPSA) is 136 Å². The molecule has 0 spiro atoms. The standard InChI is InChI=1S/C28H34N4O6S/c1-32-18-30-31-28(32)39-17-23-14-24(21-10-8-20(16-33)9-11-21)38-27(37-23)22-12-6-19(7-13-22)15-29-25(34)4-2-3-5-26(35)36/h6-13,18,23-24,27,33H,2-5,14-17H2,1H3,(H,29,34)(H,35,36)/t23-,24+,27+/m0/s1. The lowest BCUT2D eigenvalue weighted by molar-refractivity contribution is -0.245. The lowest BCUT2D eigenvalue weighted by atomic mass is 10.0. The molecule has 0 unspecified atom stereocenters. The van der Waals surface area contributed by atoms with Crippen LogP contribution in [0.25, 0.3) is 0 Å². The van der Waals surface area contributed by atoms with Crippen LogP contribution in [0.2, 0.25) is 0 Å². The van der Waals surface area contributed by atoms with Gasteiger partial charge in [0.1, 0.15) is 6.33 Å². The Morgan fingerprint density at radius 1 is 1.03 bits per heavy atom. The number of rotatable bonds is 13. The van der Waals surface area contributed by atoms with Gasteiger partial charge < -0.3 is 29.6 Å². The summed E-state index contributed by atoms with van der Waals surface area (Å²) in [6.07, 6.45) is 2.94. The van der Waals surface area contributed by atoms with Gasteiger partial charge in [0.05, 0.1) is 18.8 Å². The number of carbonyl (C=O) groups excluding carboxylic acids is 1. The normalized spacial score (nSPS) is 19.1. The Kier molecular flexibility index (Phi) is 10.5. The summed E-state index contributed by atoms with van der Waals surface area (Å²) >= 11 is 1.59. The maximum atomic E-state index is 12.1. The number of hydrogen-bond donors (Lipinski definition) is 3. The number of aromatic nitrogens is 3. The zero-order valence-corrected chi connectivity index (χ0v) is 22.7. The molecule has 0 aliphatic carbocycles. The lowest BCUT2D eigenvalue weighted by Crippen LogP contribution is -2.31. The first-order chi connectivity index (χ1) is 18.9. The summed E-state index contributed by atoms with van der Waals surface area (Å²) in [5.41, 5.74) is 3.69. The molecule has 10 nitrogen and oxygen atoms in total. The van der Waals surface area contributed by atoms with Gasteiger partial charge in [-0.25, -0.2) is 0 Å². The minimum atomic E-state index is -0.845. The van der Waals surface area contributed by atoms with E-state index in [2.05, 4.69) is 15.5 Å². The number of thioether (sulfide) groups is 1. The van der Waals surface area contributed by atoms with E-state index in [0.717, 1.165) is 27.4 Å². The number of nitrogens with zero attached hydrogens (tertiary/aromatic N) is 3. The van der Waals surface area contributed by atoms with E-state index in [1.54, 1.807) is 18.1 Å². The van der Waals surface area contributed by atoms with Crippen LogP contribution in [0.1, 0.15) is 66.8 Å². The molecule has 2 aromatic carbocycles. The number of carboxylic acid groups (broad SMARTS) is 1. The highest BCUT2D eigenvalue weighted by atomic mass is 32.2. The van der Waals surface area contributed by atoms with E-state index in [0.29, 0.717) is 38.0 Å². The number of benzene rings is 2. The molecule has 1 saturated heterocycles. The number of unbranched alkanes of at least 4 members (excludes halogenated alkanes) is 1. The van der Waals surface area contributed by atoms with Crippen LogP contribution >= 0.6 is 11.8 Å². The Balaban J connectivity index is 1.38. The summed E-state index contributed by atoms with van der Waals surface area (Å²) in [6, 6.07) is 15.6. The second kappa shape index (κ2) is 14.2.